The number of aryl methyl sites for hydroxylation is 1. The standard InChI is InChI=1S/C24H20N2O5S/c1-14-7-10-22(31-2)19(11-14)26-23(30)16-5-3-4-6-18(16)25-24(26)32-13-21(29)17-9-8-15(27)12-20(17)28/h3-12,27-28H,13H2,1-2H3. The van der Waals surface area contributed by atoms with E-state index in [4.69, 9.17) is 4.74 Å². The maximum atomic E-state index is 13.4. The van der Waals surface area contributed by atoms with E-state index >= 15 is 0 Å². The molecule has 0 saturated heterocycles. The third-order valence-electron chi connectivity index (χ3n) is 4.93. The smallest absolute Gasteiger partial charge is 0.266 e. The maximum Gasteiger partial charge on any atom is 0.266 e. The lowest BCUT2D eigenvalue weighted by Gasteiger charge is -2.16. The molecule has 0 unspecified atom stereocenters. The van der Waals surface area contributed by atoms with Crippen LogP contribution in [0.1, 0.15) is 15.9 Å². The number of phenolic OH excluding ortho intramolecular Hbond substituents is 2. The van der Waals surface area contributed by atoms with Crippen LogP contribution in [0.15, 0.2) is 70.6 Å². The number of rotatable bonds is 6. The van der Waals surface area contributed by atoms with Crippen LogP contribution in [0.4, 0.5) is 0 Å². The van der Waals surface area contributed by atoms with Gasteiger partial charge in [0, 0.05) is 6.07 Å². The predicted octanol–water partition coefficient (Wildman–Crippen LogP) is 4.09. The van der Waals surface area contributed by atoms with Gasteiger partial charge in [-0.1, -0.05) is 30.0 Å². The highest BCUT2D eigenvalue weighted by atomic mass is 32.2. The summed E-state index contributed by atoms with van der Waals surface area (Å²) in [6.45, 7) is 1.91. The summed E-state index contributed by atoms with van der Waals surface area (Å²) in [6.07, 6.45) is 0. The number of benzene rings is 3. The molecule has 0 aliphatic heterocycles. The van der Waals surface area contributed by atoms with E-state index in [2.05, 4.69) is 4.98 Å². The van der Waals surface area contributed by atoms with Gasteiger partial charge in [0.05, 0.1) is 35.0 Å². The van der Waals surface area contributed by atoms with Crippen LogP contribution < -0.4 is 10.3 Å². The second-order valence-electron chi connectivity index (χ2n) is 7.14. The number of nitrogens with zero attached hydrogens (tertiary/aromatic N) is 2. The number of methoxy groups -OCH3 is 1. The monoisotopic (exact) mass is 448 g/mol. The summed E-state index contributed by atoms with van der Waals surface area (Å²) in [4.78, 5) is 30.8. The Morgan fingerprint density at radius 2 is 1.88 bits per heavy atom. The van der Waals surface area contributed by atoms with Gasteiger partial charge in [-0.15, -0.1) is 0 Å². The van der Waals surface area contributed by atoms with Crippen molar-refractivity contribution in [2.24, 2.45) is 0 Å². The highest BCUT2D eigenvalue weighted by Crippen LogP contribution is 2.30. The van der Waals surface area contributed by atoms with Crippen molar-refractivity contribution < 1.29 is 19.7 Å². The number of ether oxygens (including phenoxy) is 1. The number of carbonyl (C=O) groups excluding carboxylic acids is 1. The third-order valence-corrected chi connectivity index (χ3v) is 5.87. The Hall–Kier alpha value is -3.78. The number of carbonyl (C=O) groups is 1. The van der Waals surface area contributed by atoms with Crippen molar-refractivity contribution in [2.75, 3.05) is 12.9 Å². The number of para-hydroxylation sites is 1. The summed E-state index contributed by atoms with van der Waals surface area (Å²) in [5, 5.41) is 20.2. The number of thioether (sulfide) groups is 1. The molecule has 2 N–H and O–H groups in total. The van der Waals surface area contributed by atoms with Crippen LogP contribution in [0.5, 0.6) is 17.2 Å². The van der Waals surface area contributed by atoms with Crippen LogP contribution in [0.3, 0.4) is 0 Å². The molecule has 0 fully saturated rings. The van der Waals surface area contributed by atoms with Gasteiger partial charge in [-0.25, -0.2) is 4.98 Å². The van der Waals surface area contributed by atoms with Crippen molar-refractivity contribution in [3.05, 3.63) is 82.1 Å². The van der Waals surface area contributed by atoms with Gasteiger partial charge in [-0.3, -0.25) is 14.2 Å². The molecule has 0 amide bonds. The SMILES string of the molecule is COc1ccc(C)cc1-n1c(SCC(=O)c2ccc(O)cc2O)nc2ccccc2c1=O. The zero-order valence-electron chi connectivity index (χ0n) is 17.4. The van der Waals surface area contributed by atoms with E-state index in [1.807, 2.05) is 19.1 Å². The molecular weight excluding hydrogens is 428 g/mol. The molecule has 162 valence electrons. The van der Waals surface area contributed by atoms with Crippen LogP contribution in [0, 0.1) is 6.92 Å². The quantitative estimate of drug-likeness (QED) is 0.260. The Kier molecular flexibility index (Phi) is 5.87. The van der Waals surface area contributed by atoms with Gasteiger partial charge in [0.15, 0.2) is 10.9 Å². The van der Waals surface area contributed by atoms with E-state index in [0.717, 1.165) is 23.4 Å². The molecule has 3 aromatic carbocycles. The summed E-state index contributed by atoms with van der Waals surface area (Å²) in [7, 11) is 1.53. The molecule has 7 nitrogen and oxygen atoms in total. The molecule has 0 radical (unpaired) electrons. The first-order valence-electron chi connectivity index (χ1n) is 9.74. The van der Waals surface area contributed by atoms with Crippen LogP contribution in [0.2, 0.25) is 0 Å². The molecule has 4 rings (SSSR count). The molecule has 0 spiro atoms. The van der Waals surface area contributed by atoms with E-state index in [-0.39, 0.29) is 34.2 Å². The summed E-state index contributed by atoms with van der Waals surface area (Å²) < 4.78 is 6.93. The minimum atomic E-state index is -0.363. The normalized spacial score (nSPS) is 10.9. The summed E-state index contributed by atoms with van der Waals surface area (Å²) in [5.41, 5.74) is 1.78. The minimum absolute atomic E-state index is 0.0722. The molecule has 8 heteroatoms. The van der Waals surface area contributed by atoms with E-state index in [1.54, 1.807) is 30.3 Å². The molecular formula is C24H20N2O5S. The summed E-state index contributed by atoms with van der Waals surface area (Å²) in [6, 6.07) is 16.3. The predicted molar refractivity (Wildman–Crippen MR) is 123 cm³/mol. The molecule has 0 bridgehead atoms. The molecule has 4 aromatic rings. The van der Waals surface area contributed by atoms with E-state index < -0.39 is 0 Å². The van der Waals surface area contributed by atoms with Gasteiger partial charge >= 0.3 is 0 Å². The Morgan fingerprint density at radius 1 is 1.09 bits per heavy atom. The number of aromatic nitrogens is 2. The third kappa shape index (κ3) is 4.04. The molecule has 1 aromatic heterocycles. The fourth-order valence-electron chi connectivity index (χ4n) is 3.36. The zero-order valence-corrected chi connectivity index (χ0v) is 18.2. The second kappa shape index (κ2) is 8.76. The van der Waals surface area contributed by atoms with Crippen molar-refractivity contribution in [3.8, 4) is 22.9 Å². The number of hydrogen-bond acceptors (Lipinski definition) is 7. The number of phenols is 2. The van der Waals surface area contributed by atoms with Crippen molar-refractivity contribution >= 4 is 28.4 Å². The van der Waals surface area contributed by atoms with Crippen LogP contribution in [-0.4, -0.2) is 38.4 Å². The summed E-state index contributed by atoms with van der Waals surface area (Å²) >= 11 is 1.08. The highest BCUT2D eigenvalue weighted by Gasteiger charge is 2.19. The number of Topliss-reactive ketones (excluding diaryl/α,β-unsaturated/α-hetero) is 1. The van der Waals surface area contributed by atoms with Crippen LogP contribution in [0.25, 0.3) is 16.6 Å². The summed E-state index contributed by atoms with van der Waals surface area (Å²) in [5.74, 6) is -0.378. The van der Waals surface area contributed by atoms with Crippen LogP contribution in [-0.2, 0) is 0 Å². The van der Waals surface area contributed by atoms with Gasteiger partial charge in [0.1, 0.15) is 17.2 Å². The first kappa shape index (κ1) is 21.5. The van der Waals surface area contributed by atoms with Gasteiger partial charge < -0.3 is 14.9 Å². The lowest BCUT2D eigenvalue weighted by atomic mass is 10.1. The van der Waals surface area contributed by atoms with Gasteiger partial charge in [-0.05, 0) is 48.9 Å². The van der Waals surface area contributed by atoms with E-state index in [1.165, 1.54) is 23.8 Å². The molecule has 32 heavy (non-hydrogen) atoms. The Balaban J connectivity index is 1.82. The molecule has 0 aliphatic carbocycles. The fourth-order valence-corrected chi connectivity index (χ4v) is 4.25. The van der Waals surface area contributed by atoms with Crippen molar-refractivity contribution in [1.82, 2.24) is 9.55 Å². The fraction of sp³-hybridized carbons (Fsp3) is 0.125. The zero-order chi connectivity index (χ0) is 22.8. The molecule has 0 aliphatic rings. The lowest BCUT2D eigenvalue weighted by molar-refractivity contribution is 0.102. The average molecular weight is 449 g/mol. The Morgan fingerprint density at radius 3 is 2.62 bits per heavy atom. The highest BCUT2D eigenvalue weighted by molar-refractivity contribution is 7.99. The maximum absolute atomic E-state index is 13.4. The van der Waals surface area contributed by atoms with Crippen LogP contribution >= 0.6 is 11.8 Å². The van der Waals surface area contributed by atoms with Gasteiger partial charge in [0.25, 0.3) is 5.56 Å². The van der Waals surface area contributed by atoms with E-state index in [0.29, 0.717) is 27.5 Å². The first-order valence-corrected chi connectivity index (χ1v) is 10.7. The van der Waals surface area contributed by atoms with Gasteiger partial charge in [0.2, 0.25) is 0 Å². The van der Waals surface area contributed by atoms with Crippen molar-refractivity contribution in [2.45, 2.75) is 12.1 Å². The Labute approximate surface area is 187 Å². The molecule has 1 heterocycles. The topological polar surface area (TPSA) is 102 Å². The number of fused-ring (bicyclic) bond motifs is 1. The lowest BCUT2D eigenvalue weighted by Crippen LogP contribution is -2.23. The van der Waals surface area contributed by atoms with E-state index in [9.17, 15) is 19.8 Å². The first-order chi connectivity index (χ1) is 15.4. The largest absolute Gasteiger partial charge is 0.508 e. The van der Waals surface area contributed by atoms with Crippen molar-refractivity contribution in [1.29, 1.82) is 0 Å². The number of ketones is 1. The number of hydrogen-bond donors (Lipinski definition) is 2. The molecule has 0 saturated carbocycles. The second-order valence-corrected chi connectivity index (χ2v) is 8.08. The average Bonchev–Trinajstić information content (AvgIpc) is 2.77. The minimum Gasteiger partial charge on any atom is -0.508 e. The molecule has 0 atom stereocenters. The Bertz CT molecular complexity index is 1400. The number of aromatic hydroxyl groups is 2. The van der Waals surface area contributed by atoms with Gasteiger partial charge in [-0.2, -0.15) is 0 Å². The van der Waals surface area contributed by atoms with Crippen molar-refractivity contribution in [3.63, 3.8) is 0 Å².